The number of rotatable bonds is 5. The molecule has 1 saturated heterocycles. The van der Waals surface area contributed by atoms with Crippen LogP contribution in [0.1, 0.15) is 24.8 Å². The molecule has 1 aromatic rings. The molecule has 3 atom stereocenters. The summed E-state index contributed by atoms with van der Waals surface area (Å²) in [4.78, 5) is 25.4. The number of para-hydroxylation sites is 1. The number of carbonyl (C=O) groups is 2. The fourth-order valence-corrected chi connectivity index (χ4v) is 3.42. The number of aliphatic carboxylic acids is 1. The molecular weight excluding hydrogens is 282 g/mol. The maximum Gasteiger partial charge on any atom is 0.307 e. The second kappa shape index (κ2) is 5.99. The fraction of sp³-hybridized carbons (Fsp3) is 0.529. The molecule has 1 aromatic carbocycles. The van der Waals surface area contributed by atoms with Gasteiger partial charge in [-0.2, -0.15) is 0 Å². The van der Waals surface area contributed by atoms with Crippen molar-refractivity contribution in [3.8, 4) is 5.75 Å². The van der Waals surface area contributed by atoms with E-state index in [1.54, 1.807) is 7.11 Å². The monoisotopic (exact) mass is 303 g/mol. The van der Waals surface area contributed by atoms with E-state index in [-0.39, 0.29) is 17.9 Å². The smallest absolute Gasteiger partial charge is 0.307 e. The Labute approximate surface area is 129 Å². The average Bonchev–Trinajstić information content (AvgIpc) is 3.20. The van der Waals surface area contributed by atoms with Crippen LogP contribution in [0.15, 0.2) is 24.3 Å². The molecule has 1 N–H and O–H groups in total. The van der Waals surface area contributed by atoms with Crippen LogP contribution in [0.25, 0.3) is 0 Å². The van der Waals surface area contributed by atoms with E-state index < -0.39 is 11.9 Å². The summed E-state index contributed by atoms with van der Waals surface area (Å²) in [5.74, 6) is -0.768. The summed E-state index contributed by atoms with van der Waals surface area (Å²) >= 11 is 0. The first-order valence-electron chi connectivity index (χ1n) is 7.77. The second-order valence-corrected chi connectivity index (χ2v) is 6.13. The Kier molecular flexibility index (Phi) is 4.05. The molecule has 3 unspecified atom stereocenters. The van der Waals surface area contributed by atoms with Crippen molar-refractivity contribution in [3.05, 3.63) is 29.8 Å². The van der Waals surface area contributed by atoms with Gasteiger partial charge in [-0.15, -0.1) is 0 Å². The highest BCUT2D eigenvalue weighted by molar-refractivity contribution is 5.89. The largest absolute Gasteiger partial charge is 0.496 e. The summed E-state index contributed by atoms with van der Waals surface area (Å²) in [6, 6.07) is 8.01. The van der Waals surface area contributed by atoms with Crippen LogP contribution < -0.4 is 4.74 Å². The number of carbonyl (C=O) groups excluding carboxylic acids is 1. The maximum atomic E-state index is 12.5. The lowest BCUT2D eigenvalue weighted by Crippen LogP contribution is -2.38. The van der Waals surface area contributed by atoms with E-state index in [4.69, 9.17) is 9.84 Å². The first-order valence-corrected chi connectivity index (χ1v) is 7.77. The van der Waals surface area contributed by atoms with Crippen LogP contribution in [0.2, 0.25) is 0 Å². The molecule has 22 heavy (non-hydrogen) atoms. The van der Waals surface area contributed by atoms with Crippen LogP contribution in [0.5, 0.6) is 5.75 Å². The third-order valence-electron chi connectivity index (χ3n) is 4.73. The summed E-state index contributed by atoms with van der Waals surface area (Å²) < 4.78 is 5.38. The zero-order chi connectivity index (χ0) is 15.7. The van der Waals surface area contributed by atoms with Crippen molar-refractivity contribution in [2.75, 3.05) is 13.7 Å². The number of hydrogen-bond acceptors (Lipinski definition) is 3. The molecule has 5 heteroatoms. The number of carboxylic acids is 1. The van der Waals surface area contributed by atoms with Crippen LogP contribution in [-0.2, 0) is 16.0 Å². The van der Waals surface area contributed by atoms with Gasteiger partial charge in [0.1, 0.15) is 5.75 Å². The summed E-state index contributed by atoms with van der Waals surface area (Å²) in [5, 5.41) is 9.00. The van der Waals surface area contributed by atoms with Gasteiger partial charge >= 0.3 is 5.97 Å². The standard InChI is InChI=1S/C17H21NO4/c1-22-15-7-3-2-5-11(15)9-12-6-4-8-18(12)16(19)13-10-14(13)17(20)21/h2-3,5,7,12-14H,4,6,8-10H2,1H3,(H,20,21). The third kappa shape index (κ3) is 2.80. The Bertz CT molecular complexity index is 586. The quantitative estimate of drug-likeness (QED) is 0.903. The molecule has 118 valence electrons. The van der Waals surface area contributed by atoms with E-state index >= 15 is 0 Å². The first kappa shape index (κ1) is 14.9. The molecule has 2 aliphatic rings. The van der Waals surface area contributed by atoms with Gasteiger partial charge in [-0.3, -0.25) is 9.59 Å². The number of methoxy groups -OCH3 is 1. The predicted octanol–water partition coefficient (Wildman–Crippen LogP) is 1.95. The fourth-order valence-electron chi connectivity index (χ4n) is 3.42. The summed E-state index contributed by atoms with van der Waals surface area (Å²) in [6.45, 7) is 0.738. The second-order valence-electron chi connectivity index (χ2n) is 6.13. The average molecular weight is 303 g/mol. The molecule has 2 fully saturated rings. The topological polar surface area (TPSA) is 66.8 Å². The molecular formula is C17H21NO4. The minimum Gasteiger partial charge on any atom is -0.496 e. The SMILES string of the molecule is COc1ccccc1CC1CCCN1C(=O)C1CC1C(=O)O. The minimum atomic E-state index is -0.848. The number of amides is 1. The summed E-state index contributed by atoms with van der Waals surface area (Å²) in [5.41, 5.74) is 1.10. The van der Waals surface area contributed by atoms with E-state index in [9.17, 15) is 9.59 Å². The van der Waals surface area contributed by atoms with E-state index in [2.05, 4.69) is 0 Å². The van der Waals surface area contributed by atoms with Crippen molar-refractivity contribution >= 4 is 11.9 Å². The van der Waals surface area contributed by atoms with Crippen LogP contribution >= 0.6 is 0 Å². The van der Waals surface area contributed by atoms with Gasteiger partial charge in [0.25, 0.3) is 0 Å². The Morgan fingerprint density at radius 3 is 2.77 bits per heavy atom. The zero-order valence-electron chi connectivity index (χ0n) is 12.7. The number of hydrogen-bond donors (Lipinski definition) is 1. The highest BCUT2D eigenvalue weighted by atomic mass is 16.5. The lowest BCUT2D eigenvalue weighted by molar-refractivity contribution is -0.142. The predicted molar refractivity (Wildman–Crippen MR) is 80.7 cm³/mol. The van der Waals surface area contributed by atoms with Gasteiger partial charge in [-0.05, 0) is 37.3 Å². The molecule has 0 radical (unpaired) electrons. The van der Waals surface area contributed by atoms with Crippen LogP contribution in [0.4, 0.5) is 0 Å². The molecule has 0 spiro atoms. The zero-order valence-corrected chi connectivity index (χ0v) is 12.7. The molecule has 5 nitrogen and oxygen atoms in total. The number of ether oxygens (including phenoxy) is 1. The van der Waals surface area contributed by atoms with Crippen LogP contribution in [0.3, 0.4) is 0 Å². The van der Waals surface area contributed by atoms with Crippen LogP contribution in [-0.4, -0.2) is 41.6 Å². The van der Waals surface area contributed by atoms with Gasteiger partial charge in [0.05, 0.1) is 18.9 Å². The number of likely N-dealkylation sites (tertiary alicyclic amines) is 1. The summed E-state index contributed by atoms with van der Waals surface area (Å²) in [7, 11) is 1.65. The van der Waals surface area contributed by atoms with Crippen molar-refractivity contribution in [1.29, 1.82) is 0 Å². The molecule has 1 aliphatic carbocycles. The molecule has 1 amide bonds. The lowest BCUT2D eigenvalue weighted by atomic mass is 10.0. The number of benzene rings is 1. The van der Waals surface area contributed by atoms with Gasteiger partial charge in [-0.25, -0.2) is 0 Å². The molecule has 3 rings (SSSR count). The van der Waals surface area contributed by atoms with Gasteiger partial charge in [0.15, 0.2) is 0 Å². The van der Waals surface area contributed by atoms with Crippen molar-refractivity contribution in [2.24, 2.45) is 11.8 Å². The summed E-state index contributed by atoms with van der Waals surface area (Å²) in [6.07, 6.45) is 3.20. The Morgan fingerprint density at radius 1 is 1.32 bits per heavy atom. The highest BCUT2D eigenvalue weighted by Gasteiger charge is 2.51. The molecule has 0 aromatic heterocycles. The first-order chi connectivity index (χ1) is 10.6. The molecule has 1 saturated carbocycles. The number of nitrogens with zero attached hydrogens (tertiary/aromatic N) is 1. The molecule has 1 heterocycles. The molecule has 0 bridgehead atoms. The Hall–Kier alpha value is -2.04. The van der Waals surface area contributed by atoms with E-state index in [0.29, 0.717) is 6.42 Å². The maximum absolute atomic E-state index is 12.5. The van der Waals surface area contributed by atoms with Crippen molar-refractivity contribution in [3.63, 3.8) is 0 Å². The molecule has 1 aliphatic heterocycles. The van der Waals surface area contributed by atoms with E-state index in [0.717, 1.165) is 37.1 Å². The van der Waals surface area contributed by atoms with Gasteiger partial charge < -0.3 is 14.7 Å². The Morgan fingerprint density at radius 2 is 2.09 bits per heavy atom. The minimum absolute atomic E-state index is 0.0183. The Balaban J connectivity index is 1.69. The highest BCUT2D eigenvalue weighted by Crippen LogP contribution is 2.41. The van der Waals surface area contributed by atoms with Crippen LogP contribution in [0, 0.1) is 11.8 Å². The number of carboxylic acid groups (broad SMARTS) is 1. The van der Waals surface area contributed by atoms with Gasteiger partial charge in [-0.1, -0.05) is 18.2 Å². The van der Waals surface area contributed by atoms with Gasteiger partial charge in [0, 0.05) is 12.6 Å². The lowest BCUT2D eigenvalue weighted by Gasteiger charge is -2.25. The van der Waals surface area contributed by atoms with Gasteiger partial charge in [0.2, 0.25) is 5.91 Å². The third-order valence-corrected chi connectivity index (χ3v) is 4.73. The van der Waals surface area contributed by atoms with Crippen molar-refractivity contribution in [1.82, 2.24) is 4.90 Å². The van der Waals surface area contributed by atoms with Crippen molar-refractivity contribution in [2.45, 2.75) is 31.7 Å². The normalized spacial score (nSPS) is 26.8. The van der Waals surface area contributed by atoms with E-state index in [1.807, 2.05) is 29.2 Å². The van der Waals surface area contributed by atoms with Crippen molar-refractivity contribution < 1.29 is 19.4 Å². The van der Waals surface area contributed by atoms with E-state index in [1.165, 1.54) is 0 Å².